The summed E-state index contributed by atoms with van der Waals surface area (Å²) in [7, 11) is -1.95. The molecule has 8 heteroatoms. The zero-order valence-corrected chi connectivity index (χ0v) is 12.8. The highest BCUT2D eigenvalue weighted by molar-refractivity contribution is 7.89. The maximum atomic E-state index is 12.5. The third kappa shape index (κ3) is 3.39. The lowest BCUT2D eigenvalue weighted by Crippen LogP contribution is -2.42. The van der Waals surface area contributed by atoms with Crippen LogP contribution in [-0.4, -0.2) is 43.8 Å². The van der Waals surface area contributed by atoms with Crippen LogP contribution in [0.4, 0.5) is 0 Å². The number of hydrogen-bond acceptors (Lipinski definition) is 5. The molecule has 0 aromatic carbocycles. The molecule has 0 spiro atoms. The Labute approximate surface area is 124 Å². The minimum atomic E-state index is -3.54. The Bertz CT molecular complexity index is 592. The van der Waals surface area contributed by atoms with E-state index in [-0.39, 0.29) is 23.3 Å². The Morgan fingerprint density at radius 3 is 2.57 bits per heavy atom. The molecule has 0 bridgehead atoms. The Balaban J connectivity index is 2.09. The average molecular weight is 312 g/mol. The van der Waals surface area contributed by atoms with E-state index in [1.54, 1.807) is 13.1 Å². The van der Waals surface area contributed by atoms with Crippen molar-refractivity contribution in [3.63, 3.8) is 0 Å². The second-order valence-electron chi connectivity index (χ2n) is 4.98. The first-order valence-electron chi connectivity index (χ1n) is 6.85. The van der Waals surface area contributed by atoms with Crippen LogP contribution in [0, 0.1) is 5.92 Å². The van der Waals surface area contributed by atoms with Crippen molar-refractivity contribution in [1.82, 2.24) is 14.6 Å². The van der Waals surface area contributed by atoms with Crippen molar-refractivity contribution in [1.29, 1.82) is 0 Å². The van der Waals surface area contributed by atoms with E-state index in [2.05, 4.69) is 10.3 Å². The van der Waals surface area contributed by atoms with Crippen LogP contribution >= 0.6 is 0 Å². The second kappa shape index (κ2) is 6.50. The molecular weight excluding hydrogens is 292 g/mol. The van der Waals surface area contributed by atoms with Crippen LogP contribution in [0.1, 0.15) is 18.5 Å². The van der Waals surface area contributed by atoms with E-state index in [0.717, 1.165) is 0 Å². The highest BCUT2D eigenvalue weighted by Crippen LogP contribution is 2.23. The smallest absolute Gasteiger partial charge is 0.244 e. The number of hydrogen-bond donors (Lipinski definition) is 2. The van der Waals surface area contributed by atoms with Crippen LogP contribution in [0.25, 0.3) is 0 Å². The van der Waals surface area contributed by atoms with Crippen molar-refractivity contribution >= 4 is 15.9 Å². The molecular formula is C13H20N4O3S. The van der Waals surface area contributed by atoms with Gasteiger partial charge in [-0.1, -0.05) is 0 Å². The average Bonchev–Trinajstić information content (AvgIpc) is 2.54. The number of sulfonamides is 1. The lowest BCUT2D eigenvalue weighted by molar-refractivity contribution is -0.125. The van der Waals surface area contributed by atoms with Crippen LogP contribution < -0.4 is 11.1 Å². The molecule has 1 aromatic heterocycles. The van der Waals surface area contributed by atoms with Gasteiger partial charge in [0.2, 0.25) is 15.9 Å². The van der Waals surface area contributed by atoms with Gasteiger partial charge < -0.3 is 11.1 Å². The zero-order chi connectivity index (χ0) is 15.5. The fourth-order valence-electron chi connectivity index (χ4n) is 2.40. The molecule has 1 aliphatic heterocycles. The molecule has 2 heterocycles. The van der Waals surface area contributed by atoms with E-state index in [9.17, 15) is 13.2 Å². The predicted molar refractivity (Wildman–Crippen MR) is 77.7 cm³/mol. The quantitative estimate of drug-likeness (QED) is 0.793. The minimum Gasteiger partial charge on any atom is -0.359 e. The second-order valence-corrected chi connectivity index (χ2v) is 6.92. The van der Waals surface area contributed by atoms with Gasteiger partial charge in [-0.2, -0.15) is 4.31 Å². The number of carbonyl (C=O) groups excluding carboxylic acids is 1. The maximum Gasteiger partial charge on any atom is 0.244 e. The molecule has 116 valence electrons. The Kier molecular flexibility index (Phi) is 4.92. The fraction of sp³-hybridized carbons (Fsp3) is 0.538. The van der Waals surface area contributed by atoms with Gasteiger partial charge in [-0.25, -0.2) is 8.42 Å². The van der Waals surface area contributed by atoms with Gasteiger partial charge in [-0.15, -0.1) is 0 Å². The minimum absolute atomic E-state index is 0.0268. The van der Waals surface area contributed by atoms with Gasteiger partial charge in [-0.3, -0.25) is 9.78 Å². The highest BCUT2D eigenvalue weighted by atomic mass is 32.2. The van der Waals surface area contributed by atoms with E-state index in [1.807, 2.05) is 0 Å². The van der Waals surface area contributed by atoms with Crippen molar-refractivity contribution in [3.8, 4) is 0 Å². The van der Waals surface area contributed by atoms with Crippen LogP contribution in [0.3, 0.4) is 0 Å². The first-order chi connectivity index (χ1) is 9.98. The third-order valence-electron chi connectivity index (χ3n) is 3.72. The molecule has 1 amide bonds. The molecule has 0 unspecified atom stereocenters. The highest BCUT2D eigenvalue weighted by Gasteiger charge is 2.31. The fourth-order valence-corrected chi connectivity index (χ4v) is 3.81. The number of piperidine rings is 1. The lowest BCUT2D eigenvalue weighted by Gasteiger charge is -2.30. The van der Waals surface area contributed by atoms with Gasteiger partial charge in [-0.05, 0) is 25.0 Å². The van der Waals surface area contributed by atoms with E-state index < -0.39 is 10.0 Å². The summed E-state index contributed by atoms with van der Waals surface area (Å²) < 4.78 is 26.4. The van der Waals surface area contributed by atoms with Crippen molar-refractivity contribution in [2.24, 2.45) is 11.7 Å². The summed E-state index contributed by atoms with van der Waals surface area (Å²) in [6, 6.07) is 3.14. The first-order valence-corrected chi connectivity index (χ1v) is 8.29. The molecule has 0 saturated carbocycles. The zero-order valence-electron chi connectivity index (χ0n) is 11.9. The molecule has 2 rings (SSSR count). The summed E-state index contributed by atoms with van der Waals surface area (Å²) in [5.41, 5.74) is 6.09. The van der Waals surface area contributed by atoms with Gasteiger partial charge in [0.15, 0.2) is 0 Å². The molecule has 3 N–H and O–H groups in total. The molecule has 1 aromatic rings. The molecule has 0 radical (unpaired) electrons. The molecule has 0 atom stereocenters. The van der Waals surface area contributed by atoms with E-state index in [1.165, 1.54) is 16.6 Å². The van der Waals surface area contributed by atoms with E-state index >= 15 is 0 Å². The summed E-state index contributed by atoms with van der Waals surface area (Å²) in [6.07, 6.45) is 2.41. The van der Waals surface area contributed by atoms with Gasteiger partial charge in [0.25, 0.3) is 0 Å². The number of rotatable bonds is 4. The number of aromatic nitrogens is 1. The molecule has 1 aliphatic rings. The van der Waals surface area contributed by atoms with Crippen LogP contribution in [-0.2, 0) is 21.4 Å². The molecule has 0 aliphatic carbocycles. The lowest BCUT2D eigenvalue weighted by atomic mass is 9.97. The van der Waals surface area contributed by atoms with Gasteiger partial charge in [0, 0.05) is 38.8 Å². The van der Waals surface area contributed by atoms with Crippen LogP contribution in [0.5, 0.6) is 0 Å². The molecule has 1 fully saturated rings. The van der Waals surface area contributed by atoms with E-state index in [0.29, 0.717) is 31.6 Å². The Hall–Kier alpha value is -1.51. The largest absolute Gasteiger partial charge is 0.359 e. The monoisotopic (exact) mass is 312 g/mol. The summed E-state index contributed by atoms with van der Waals surface area (Å²) >= 11 is 0. The van der Waals surface area contributed by atoms with Crippen LogP contribution in [0.15, 0.2) is 23.2 Å². The number of nitrogens with zero attached hydrogens (tertiary/aromatic N) is 2. The standard InChI is InChI=1S/C13H20N4O3S/c1-15-13(18)10-4-6-17(7-5-10)21(19,20)12-3-2-11(8-14)16-9-12/h2-3,9-10H,4-8,14H2,1H3,(H,15,18). The Morgan fingerprint density at radius 2 is 2.10 bits per heavy atom. The predicted octanol–water partition coefficient (Wildman–Crippen LogP) is -0.313. The number of amides is 1. The van der Waals surface area contributed by atoms with E-state index in [4.69, 9.17) is 5.73 Å². The molecule has 7 nitrogen and oxygen atoms in total. The first kappa shape index (κ1) is 15.9. The molecule has 21 heavy (non-hydrogen) atoms. The number of carbonyl (C=O) groups is 1. The maximum absolute atomic E-state index is 12.5. The third-order valence-corrected chi connectivity index (χ3v) is 5.60. The van der Waals surface area contributed by atoms with Crippen molar-refractivity contribution < 1.29 is 13.2 Å². The molecule has 1 saturated heterocycles. The normalized spacial score (nSPS) is 17.6. The SMILES string of the molecule is CNC(=O)C1CCN(S(=O)(=O)c2ccc(CN)nc2)CC1. The summed E-state index contributed by atoms with van der Waals surface area (Å²) in [4.78, 5) is 15.7. The topological polar surface area (TPSA) is 105 Å². The number of nitrogens with two attached hydrogens (primary N) is 1. The summed E-state index contributed by atoms with van der Waals surface area (Å²) in [5, 5.41) is 2.60. The number of nitrogens with one attached hydrogen (secondary N) is 1. The van der Waals surface area contributed by atoms with Crippen molar-refractivity contribution in [2.45, 2.75) is 24.3 Å². The van der Waals surface area contributed by atoms with Gasteiger partial charge in [0.1, 0.15) is 4.90 Å². The Morgan fingerprint density at radius 1 is 1.43 bits per heavy atom. The van der Waals surface area contributed by atoms with Crippen molar-refractivity contribution in [2.75, 3.05) is 20.1 Å². The van der Waals surface area contributed by atoms with Gasteiger partial charge in [0.05, 0.1) is 5.69 Å². The summed E-state index contributed by atoms with van der Waals surface area (Å²) in [5.74, 6) is -0.139. The van der Waals surface area contributed by atoms with Gasteiger partial charge >= 0.3 is 0 Å². The van der Waals surface area contributed by atoms with Crippen molar-refractivity contribution in [3.05, 3.63) is 24.0 Å². The summed E-state index contributed by atoms with van der Waals surface area (Å²) in [6.45, 7) is 0.968. The van der Waals surface area contributed by atoms with Crippen LogP contribution in [0.2, 0.25) is 0 Å². The number of pyridine rings is 1.